The molecule has 2 saturated heterocycles. The van der Waals surface area contributed by atoms with Crippen LogP contribution in [0.4, 0.5) is 4.79 Å². The van der Waals surface area contributed by atoms with Gasteiger partial charge in [-0.25, -0.2) is 4.79 Å². The molecule has 2 aliphatic heterocycles. The zero-order chi connectivity index (χ0) is 27.1. The van der Waals surface area contributed by atoms with E-state index in [2.05, 4.69) is 10.6 Å². The number of hydrogen-bond donors (Lipinski definition) is 2. The van der Waals surface area contributed by atoms with Crippen molar-refractivity contribution < 1.29 is 19.1 Å². The van der Waals surface area contributed by atoms with Gasteiger partial charge in [0.2, 0.25) is 5.91 Å². The fourth-order valence-corrected chi connectivity index (χ4v) is 5.47. The number of likely N-dealkylation sites (tertiary alicyclic amines) is 1. The molecule has 2 aromatic carbocycles. The summed E-state index contributed by atoms with van der Waals surface area (Å²) in [7, 11) is 0. The number of hydrogen-bond acceptors (Lipinski definition) is 5. The summed E-state index contributed by atoms with van der Waals surface area (Å²) < 4.78 is 5.56. The molecule has 2 aliphatic rings. The first-order valence-corrected chi connectivity index (χ1v) is 13.9. The maximum absolute atomic E-state index is 14.1. The molecular weight excluding hydrogens is 478 g/mol. The highest BCUT2D eigenvalue weighted by Crippen LogP contribution is 2.32. The molecule has 2 amide bonds. The second kappa shape index (κ2) is 12.6. The van der Waals surface area contributed by atoms with Crippen LogP contribution in [0.2, 0.25) is 0 Å². The zero-order valence-electron chi connectivity index (χ0n) is 22.8. The van der Waals surface area contributed by atoms with Crippen LogP contribution in [0, 0.1) is 5.92 Å². The molecular formula is C31H41N3O4. The summed E-state index contributed by atoms with van der Waals surface area (Å²) in [5.74, 6) is -0.00906. The Morgan fingerprint density at radius 1 is 0.947 bits per heavy atom. The van der Waals surface area contributed by atoms with Crippen LogP contribution in [0.1, 0.15) is 69.9 Å². The minimum Gasteiger partial charge on any atom is -0.444 e. The van der Waals surface area contributed by atoms with Crippen LogP contribution in [0.5, 0.6) is 0 Å². The minimum atomic E-state index is -0.922. The molecule has 7 nitrogen and oxygen atoms in total. The fourth-order valence-electron chi connectivity index (χ4n) is 5.47. The van der Waals surface area contributed by atoms with Crippen LogP contribution in [-0.4, -0.2) is 60.0 Å². The third-order valence-electron chi connectivity index (χ3n) is 7.52. The van der Waals surface area contributed by atoms with Gasteiger partial charge in [0.25, 0.3) is 0 Å². The minimum absolute atomic E-state index is 0.120. The van der Waals surface area contributed by atoms with E-state index in [1.54, 1.807) is 25.7 Å². The third kappa shape index (κ3) is 7.22. The van der Waals surface area contributed by atoms with E-state index in [9.17, 15) is 14.4 Å². The number of piperidine rings is 1. The van der Waals surface area contributed by atoms with Crippen molar-refractivity contribution in [2.24, 2.45) is 5.92 Å². The molecule has 2 heterocycles. The van der Waals surface area contributed by atoms with Gasteiger partial charge in [0, 0.05) is 18.9 Å². The van der Waals surface area contributed by atoms with E-state index in [4.69, 9.17) is 4.74 Å². The zero-order valence-corrected chi connectivity index (χ0v) is 22.8. The molecule has 0 spiro atoms. The van der Waals surface area contributed by atoms with Crippen LogP contribution in [0.15, 0.2) is 60.7 Å². The Balaban J connectivity index is 1.57. The van der Waals surface area contributed by atoms with Crippen molar-refractivity contribution in [3.63, 3.8) is 0 Å². The molecule has 0 bridgehead atoms. The summed E-state index contributed by atoms with van der Waals surface area (Å²) in [4.78, 5) is 42.0. The van der Waals surface area contributed by atoms with Gasteiger partial charge in [-0.2, -0.15) is 0 Å². The number of nitrogens with zero attached hydrogens (tertiary/aromatic N) is 1. The van der Waals surface area contributed by atoms with Crippen LogP contribution in [0.25, 0.3) is 0 Å². The largest absolute Gasteiger partial charge is 0.444 e. The van der Waals surface area contributed by atoms with Gasteiger partial charge >= 0.3 is 6.09 Å². The van der Waals surface area contributed by atoms with Gasteiger partial charge in [0.15, 0.2) is 5.78 Å². The number of carbonyl (C=O) groups excluding carboxylic acids is 3. The topological polar surface area (TPSA) is 87.7 Å². The maximum atomic E-state index is 14.1. The summed E-state index contributed by atoms with van der Waals surface area (Å²) in [6, 6.07) is 18.1. The summed E-state index contributed by atoms with van der Waals surface area (Å²) in [6.45, 7) is 7.90. The van der Waals surface area contributed by atoms with Gasteiger partial charge in [-0.1, -0.05) is 60.7 Å². The molecule has 0 aromatic heterocycles. The van der Waals surface area contributed by atoms with Gasteiger partial charge < -0.3 is 20.3 Å². The average Bonchev–Trinajstić information content (AvgIpc) is 2.87. The van der Waals surface area contributed by atoms with Gasteiger partial charge in [0.1, 0.15) is 11.6 Å². The average molecular weight is 520 g/mol. The first-order chi connectivity index (χ1) is 18.2. The third-order valence-corrected chi connectivity index (χ3v) is 7.52. The van der Waals surface area contributed by atoms with Crippen LogP contribution < -0.4 is 10.6 Å². The van der Waals surface area contributed by atoms with Crippen molar-refractivity contribution in [2.75, 3.05) is 19.6 Å². The van der Waals surface area contributed by atoms with Crippen molar-refractivity contribution in [1.29, 1.82) is 0 Å². The highest BCUT2D eigenvalue weighted by molar-refractivity contribution is 5.94. The molecule has 2 aromatic rings. The van der Waals surface area contributed by atoms with Gasteiger partial charge in [-0.3, -0.25) is 9.59 Å². The quantitative estimate of drug-likeness (QED) is 0.503. The number of carbonyl (C=O) groups is 3. The van der Waals surface area contributed by atoms with E-state index in [1.807, 2.05) is 60.7 Å². The lowest BCUT2D eigenvalue weighted by Gasteiger charge is -2.43. The van der Waals surface area contributed by atoms with E-state index >= 15 is 0 Å². The van der Waals surface area contributed by atoms with E-state index in [0.29, 0.717) is 25.3 Å². The van der Waals surface area contributed by atoms with Crippen molar-refractivity contribution in [3.05, 3.63) is 71.8 Å². The number of benzene rings is 2. The molecule has 38 heavy (non-hydrogen) atoms. The van der Waals surface area contributed by atoms with Crippen LogP contribution in [-0.2, 0) is 14.3 Å². The van der Waals surface area contributed by atoms with Crippen molar-refractivity contribution >= 4 is 17.8 Å². The molecule has 0 aliphatic carbocycles. The number of ketones is 1. The number of amides is 2. The molecule has 2 N–H and O–H groups in total. The lowest BCUT2D eigenvalue weighted by molar-refractivity contribution is -0.148. The Hall–Kier alpha value is -3.19. The smallest absolute Gasteiger partial charge is 0.408 e. The van der Waals surface area contributed by atoms with Crippen molar-refractivity contribution in [1.82, 2.24) is 15.5 Å². The fraction of sp³-hybridized carbons (Fsp3) is 0.516. The monoisotopic (exact) mass is 519 g/mol. The number of alkyl carbamates (subject to hydrolysis) is 1. The van der Waals surface area contributed by atoms with Gasteiger partial charge in [0.05, 0.1) is 6.04 Å². The van der Waals surface area contributed by atoms with E-state index in [1.165, 1.54) is 0 Å². The Morgan fingerprint density at radius 3 is 2.03 bits per heavy atom. The molecule has 2 fully saturated rings. The Bertz CT molecular complexity index is 1040. The predicted octanol–water partition coefficient (Wildman–Crippen LogP) is 4.66. The summed E-state index contributed by atoms with van der Waals surface area (Å²) in [5, 5.41) is 6.26. The SMILES string of the molecule is CC(C)(C)OC(=O)N[C@@H](C(=O)N1CCC1C(=O)CCC1CCNCC1)C(c1ccccc1)c1ccccc1. The van der Waals surface area contributed by atoms with Gasteiger partial charge in [-0.05, 0) is 76.6 Å². The number of nitrogens with one attached hydrogen (secondary N) is 2. The molecule has 7 heteroatoms. The summed E-state index contributed by atoms with van der Waals surface area (Å²) >= 11 is 0. The van der Waals surface area contributed by atoms with E-state index in [-0.39, 0.29) is 11.7 Å². The van der Waals surface area contributed by atoms with Crippen molar-refractivity contribution in [3.8, 4) is 0 Å². The molecule has 204 valence electrons. The highest BCUT2D eigenvalue weighted by Gasteiger charge is 2.43. The second-order valence-electron chi connectivity index (χ2n) is 11.5. The van der Waals surface area contributed by atoms with E-state index < -0.39 is 29.7 Å². The maximum Gasteiger partial charge on any atom is 0.408 e. The van der Waals surface area contributed by atoms with Gasteiger partial charge in [-0.15, -0.1) is 0 Å². The lowest BCUT2D eigenvalue weighted by atomic mass is 9.82. The molecule has 4 rings (SSSR count). The standard InChI is InChI=1S/C31H41N3O4/c1-31(2,3)38-30(37)33-28(27(23-10-6-4-7-11-23)24-12-8-5-9-13-24)29(36)34-21-18-25(34)26(35)15-14-22-16-19-32-20-17-22/h4-13,22,25,27-28,32H,14-21H2,1-3H3,(H,33,37)/t25?,28-/m1/s1. The second-order valence-corrected chi connectivity index (χ2v) is 11.5. The van der Waals surface area contributed by atoms with Crippen LogP contribution >= 0.6 is 0 Å². The summed E-state index contributed by atoms with van der Waals surface area (Å²) in [5.41, 5.74) is 1.10. The molecule has 2 atom stereocenters. The first-order valence-electron chi connectivity index (χ1n) is 13.9. The number of ether oxygens (including phenoxy) is 1. The molecule has 1 unspecified atom stereocenters. The number of rotatable bonds is 9. The van der Waals surface area contributed by atoms with Crippen molar-refractivity contribution in [2.45, 2.75) is 76.5 Å². The Kier molecular flexibility index (Phi) is 9.21. The Morgan fingerprint density at radius 2 is 1.53 bits per heavy atom. The van der Waals surface area contributed by atoms with E-state index in [0.717, 1.165) is 43.5 Å². The normalized spacial score (nSPS) is 18.9. The Labute approximate surface area is 226 Å². The lowest BCUT2D eigenvalue weighted by Crippen LogP contribution is -2.62. The molecule has 0 saturated carbocycles. The van der Waals surface area contributed by atoms with Crippen LogP contribution in [0.3, 0.4) is 0 Å². The number of Topliss-reactive ketones (excluding diaryl/α,β-unsaturated/α-hetero) is 1. The summed E-state index contributed by atoms with van der Waals surface area (Å²) in [6.07, 6.45) is 3.56. The highest BCUT2D eigenvalue weighted by atomic mass is 16.6. The molecule has 0 radical (unpaired) electrons. The predicted molar refractivity (Wildman–Crippen MR) is 148 cm³/mol. The first kappa shape index (κ1) is 27.8.